The lowest BCUT2D eigenvalue weighted by molar-refractivity contribution is -0.0497. The fourth-order valence-electron chi connectivity index (χ4n) is 0.729. The van der Waals surface area contributed by atoms with Gasteiger partial charge in [-0.15, -0.1) is 0 Å². The van der Waals surface area contributed by atoms with Gasteiger partial charge in [0.25, 0.3) is 0 Å². The fourth-order valence-corrected chi connectivity index (χ4v) is 0.729. The number of anilines is 2. The number of rotatable bonds is 2. The summed E-state index contributed by atoms with van der Waals surface area (Å²) in [4.78, 5) is 0. The molecule has 0 unspecified atom stereocenters. The van der Waals surface area contributed by atoms with Gasteiger partial charge in [-0.3, -0.25) is 0 Å². The van der Waals surface area contributed by atoms with Gasteiger partial charge in [0.2, 0.25) is 0 Å². The molecule has 0 aliphatic carbocycles. The van der Waals surface area contributed by atoms with Gasteiger partial charge in [-0.1, -0.05) is 0 Å². The second kappa shape index (κ2) is 3.25. The summed E-state index contributed by atoms with van der Waals surface area (Å²) in [6, 6.07) is 3.99. The minimum Gasteiger partial charge on any atom is -0.435 e. The molecule has 1 aromatic carbocycles. The maximum Gasteiger partial charge on any atom is 0.387 e. The Kier molecular flexibility index (Phi) is 2.32. The molecular formula is C7H8F2N2O. The molecule has 1 rings (SSSR count). The first kappa shape index (κ1) is 8.58. The van der Waals surface area contributed by atoms with E-state index in [1.807, 2.05) is 0 Å². The smallest absolute Gasteiger partial charge is 0.387 e. The van der Waals surface area contributed by atoms with E-state index in [4.69, 9.17) is 11.5 Å². The highest BCUT2D eigenvalue weighted by Gasteiger charge is 2.04. The van der Waals surface area contributed by atoms with Crippen LogP contribution in [-0.2, 0) is 0 Å². The molecule has 0 saturated carbocycles. The van der Waals surface area contributed by atoms with Gasteiger partial charge in [-0.05, 0) is 12.1 Å². The van der Waals surface area contributed by atoms with Gasteiger partial charge in [0.05, 0.1) is 11.4 Å². The molecule has 0 aromatic heterocycles. The van der Waals surface area contributed by atoms with Crippen molar-refractivity contribution in [3.05, 3.63) is 18.2 Å². The molecule has 1 aromatic rings. The van der Waals surface area contributed by atoms with Gasteiger partial charge in [0.15, 0.2) is 0 Å². The van der Waals surface area contributed by atoms with Crippen molar-refractivity contribution in [2.24, 2.45) is 0 Å². The minimum absolute atomic E-state index is 0.0108. The largest absolute Gasteiger partial charge is 0.435 e. The van der Waals surface area contributed by atoms with Crippen molar-refractivity contribution in [3.8, 4) is 5.75 Å². The molecule has 0 radical (unpaired) electrons. The standard InChI is InChI=1S/C7H8F2N2O/c8-7(9)12-4-1-2-5(10)6(11)3-4/h1-3,7H,10-11H2. The van der Waals surface area contributed by atoms with E-state index in [-0.39, 0.29) is 11.4 Å². The Hall–Kier alpha value is -1.52. The summed E-state index contributed by atoms with van der Waals surface area (Å²) in [6.07, 6.45) is 0. The van der Waals surface area contributed by atoms with E-state index in [9.17, 15) is 8.78 Å². The molecule has 0 heterocycles. The van der Waals surface area contributed by atoms with Crippen LogP contribution in [0, 0.1) is 0 Å². The van der Waals surface area contributed by atoms with Crippen molar-refractivity contribution in [1.82, 2.24) is 0 Å². The predicted octanol–water partition coefficient (Wildman–Crippen LogP) is 1.45. The second-order valence-corrected chi connectivity index (χ2v) is 2.17. The summed E-state index contributed by atoms with van der Waals surface area (Å²) in [7, 11) is 0. The first-order valence-electron chi connectivity index (χ1n) is 3.19. The van der Waals surface area contributed by atoms with Crippen molar-refractivity contribution in [3.63, 3.8) is 0 Å². The van der Waals surface area contributed by atoms with E-state index < -0.39 is 6.61 Å². The Balaban J connectivity index is 2.82. The van der Waals surface area contributed by atoms with Crippen LogP contribution in [-0.4, -0.2) is 6.61 Å². The number of nitrogen functional groups attached to an aromatic ring is 2. The van der Waals surface area contributed by atoms with Crippen molar-refractivity contribution >= 4 is 11.4 Å². The van der Waals surface area contributed by atoms with Gasteiger partial charge in [0.1, 0.15) is 5.75 Å². The molecule has 0 aliphatic rings. The van der Waals surface area contributed by atoms with Crippen molar-refractivity contribution in [2.45, 2.75) is 6.61 Å². The van der Waals surface area contributed by atoms with Crippen molar-refractivity contribution < 1.29 is 13.5 Å². The summed E-state index contributed by atoms with van der Waals surface area (Å²) in [6.45, 7) is -2.84. The van der Waals surface area contributed by atoms with Crippen LogP contribution in [0.4, 0.5) is 20.2 Å². The number of nitrogens with two attached hydrogens (primary N) is 2. The molecule has 12 heavy (non-hydrogen) atoms. The maximum absolute atomic E-state index is 11.7. The second-order valence-electron chi connectivity index (χ2n) is 2.17. The zero-order valence-corrected chi connectivity index (χ0v) is 6.13. The SMILES string of the molecule is Nc1ccc(OC(F)F)cc1N. The molecular weight excluding hydrogens is 166 g/mol. The number of halogens is 2. The van der Waals surface area contributed by atoms with Crippen LogP contribution < -0.4 is 16.2 Å². The minimum atomic E-state index is -2.84. The van der Waals surface area contributed by atoms with Gasteiger partial charge in [0, 0.05) is 6.07 Å². The zero-order valence-electron chi connectivity index (χ0n) is 6.13. The first-order valence-corrected chi connectivity index (χ1v) is 3.19. The Labute approximate surface area is 67.9 Å². The van der Waals surface area contributed by atoms with Crippen LogP contribution in [0.1, 0.15) is 0 Å². The third kappa shape index (κ3) is 1.98. The van der Waals surface area contributed by atoms with Crippen molar-refractivity contribution in [2.75, 3.05) is 11.5 Å². The summed E-state index contributed by atoms with van der Waals surface area (Å²) in [5.41, 5.74) is 11.3. The third-order valence-corrected chi connectivity index (χ3v) is 1.28. The number of hydrogen-bond acceptors (Lipinski definition) is 3. The fraction of sp³-hybridized carbons (Fsp3) is 0.143. The van der Waals surface area contributed by atoms with Crippen molar-refractivity contribution in [1.29, 1.82) is 0 Å². The number of ether oxygens (including phenoxy) is 1. The Morgan fingerprint density at radius 1 is 1.17 bits per heavy atom. The highest BCUT2D eigenvalue weighted by atomic mass is 19.3. The summed E-state index contributed by atoms with van der Waals surface area (Å²) >= 11 is 0. The van der Waals surface area contributed by atoms with E-state index in [1.165, 1.54) is 18.2 Å². The Bertz CT molecular complexity index is 278. The average Bonchev–Trinajstić information content (AvgIpc) is 1.96. The van der Waals surface area contributed by atoms with Gasteiger partial charge >= 0.3 is 6.61 Å². The molecule has 0 aliphatic heterocycles. The number of hydrogen-bond donors (Lipinski definition) is 2. The summed E-state index contributed by atoms with van der Waals surface area (Å²) < 4.78 is 27.4. The summed E-state index contributed by atoms with van der Waals surface area (Å²) in [5, 5.41) is 0. The van der Waals surface area contributed by atoms with Gasteiger partial charge in [-0.2, -0.15) is 8.78 Å². The maximum atomic E-state index is 11.7. The number of benzene rings is 1. The van der Waals surface area contributed by atoms with Crippen LogP contribution in [0.3, 0.4) is 0 Å². The zero-order chi connectivity index (χ0) is 9.14. The molecule has 5 heteroatoms. The van der Waals surface area contributed by atoms with Crippen LogP contribution in [0.2, 0.25) is 0 Å². The highest BCUT2D eigenvalue weighted by molar-refractivity contribution is 5.65. The quantitative estimate of drug-likeness (QED) is 0.667. The Morgan fingerprint density at radius 3 is 2.33 bits per heavy atom. The molecule has 0 amide bonds. The van der Waals surface area contributed by atoms with Crippen LogP contribution in [0.15, 0.2) is 18.2 Å². The molecule has 0 bridgehead atoms. The predicted molar refractivity (Wildman–Crippen MR) is 41.9 cm³/mol. The monoisotopic (exact) mass is 174 g/mol. The molecule has 0 atom stereocenters. The molecule has 0 spiro atoms. The van der Waals surface area contributed by atoms with Gasteiger partial charge in [-0.25, -0.2) is 0 Å². The lowest BCUT2D eigenvalue weighted by atomic mass is 10.2. The van der Waals surface area contributed by atoms with E-state index in [0.29, 0.717) is 5.69 Å². The number of alkyl halides is 2. The van der Waals surface area contributed by atoms with Crippen LogP contribution in [0.5, 0.6) is 5.75 Å². The molecule has 0 fully saturated rings. The average molecular weight is 174 g/mol. The lowest BCUT2D eigenvalue weighted by Crippen LogP contribution is -2.03. The molecule has 4 N–H and O–H groups in total. The normalized spacial score (nSPS) is 10.2. The van der Waals surface area contributed by atoms with E-state index in [2.05, 4.69) is 4.74 Å². The summed E-state index contributed by atoms with van der Waals surface area (Å²) in [5.74, 6) is 0.0108. The topological polar surface area (TPSA) is 61.3 Å². The Morgan fingerprint density at radius 2 is 1.83 bits per heavy atom. The van der Waals surface area contributed by atoms with Gasteiger partial charge < -0.3 is 16.2 Å². The molecule has 66 valence electrons. The lowest BCUT2D eigenvalue weighted by Gasteiger charge is -2.05. The third-order valence-electron chi connectivity index (χ3n) is 1.28. The highest BCUT2D eigenvalue weighted by Crippen LogP contribution is 2.22. The van der Waals surface area contributed by atoms with E-state index >= 15 is 0 Å². The molecule has 0 saturated heterocycles. The van der Waals surface area contributed by atoms with E-state index in [0.717, 1.165) is 0 Å². The van der Waals surface area contributed by atoms with Crippen LogP contribution in [0.25, 0.3) is 0 Å². The first-order chi connectivity index (χ1) is 5.59. The van der Waals surface area contributed by atoms with E-state index in [1.54, 1.807) is 0 Å². The van der Waals surface area contributed by atoms with Crippen LogP contribution >= 0.6 is 0 Å². The molecule has 3 nitrogen and oxygen atoms in total.